The molecule has 2 aromatic heterocycles. The van der Waals surface area contributed by atoms with E-state index in [0.717, 1.165) is 18.5 Å². The van der Waals surface area contributed by atoms with Crippen LogP contribution in [-0.4, -0.2) is 46.1 Å². The van der Waals surface area contributed by atoms with E-state index in [1.165, 1.54) is 7.11 Å². The van der Waals surface area contributed by atoms with Crippen molar-refractivity contribution >= 4 is 5.91 Å². The van der Waals surface area contributed by atoms with Gasteiger partial charge in [-0.05, 0) is 38.8 Å². The van der Waals surface area contributed by atoms with E-state index in [1.54, 1.807) is 13.0 Å². The maximum absolute atomic E-state index is 12.8. The SMILES string of the molecule is COc1nc(C)ccc1C(=O)N1CCCC(c2nc(C)no2)C1. The average Bonchev–Trinajstić information content (AvgIpc) is 3.01. The third-order valence-corrected chi connectivity index (χ3v) is 4.02. The van der Waals surface area contributed by atoms with Gasteiger partial charge in [-0.15, -0.1) is 0 Å². The van der Waals surface area contributed by atoms with Crippen molar-refractivity contribution in [3.8, 4) is 5.88 Å². The summed E-state index contributed by atoms with van der Waals surface area (Å²) in [4.78, 5) is 23.2. The second kappa shape index (κ2) is 6.36. The third kappa shape index (κ3) is 3.18. The summed E-state index contributed by atoms with van der Waals surface area (Å²) in [7, 11) is 1.53. The van der Waals surface area contributed by atoms with Crippen molar-refractivity contribution in [3.63, 3.8) is 0 Å². The minimum atomic E-state index is -0.0738. The van der Waals surface area contributed by atoms with Gasteiger partial charge in [-0.25, -0.2) is 4.98 Å². The van der Waals surface area contributed by atoms with Gasteiger partial charge in [0.25, 0.3) is 5.91 Å². The molecule has 1 saturated heterocycles. The summed E-state index contributed by atoms with van der Waals surface area (Å²) in [5.41, 5.74) is 1.30. The van der Waals surface area contributed by atoms with Crippen LogP contribution < -0.4 is 4.74 Å². The fourth-order valence-electron chi connectivity index (χ4n) is 2.86. The van der Waals surface area contributed by atoms with Crippen LogP contribution in [0, 0.1) is 13.8 Å². The lowest BCUT2D eigenvalue weighted by atomic mass is 9.97. The minimum Gasteiger partial charge on any atom is -0.480 e. The highest BCUT2D eigenvalue weighted by Gasteiger charge is 2.30. The number of carbonyl (C=O) groups excluding carboxylic acids is 1. The molecule has 1 unspecified atom stereocenters. The van der Waals surface area contributed by atoms with Gasteiger partial charge < -0.3 is 14.2 Å². The van der Waals surface area contributed by atoms with Gasteiger partial charge in [0.05, 0.1) is 13.0 Å². The standard InChI is InChI=1S/C16H20N4O3/c1-10-6-7-13(15(17-10)22-3)16(21)20-8-4-5-12(9-20)14-18-11(2)19-23-14/h6-7,12H,4-5,8-9H2,1-3H3. The Kier molecular flexibility index (Phi) is 4.27. The molecule has 1 amide bonds. The molecule has 0 bridgehead atoms. The van der Waals surface area contributed by atoms with Crippen molar-refractivity contribution in [1.29, 1.82) is 0 Å². The van der Waals surface area contributed by atoms with Gasteiger partial charge in [-0.2, -0.15) is 4.98 Å². The zero-order valence-corrected chi connectivity index (χ0v) is 13.6. The highest BCUT2D eigenvalue weighted by Crippen LogP contribution is 2.28. The Morgan fingerprint density at radius 1 is 1.35 bits per heavy atom. The maximum atomic E-state index is 12.8. The molecule has 1 aliphatic rings. The molecule has 0 aromatic carbocycles. The van der Waals surface area contributed by atoms with Gasteiger partial charge in [-0.3, -0.25) is 4.79 Å². The van der Waals surface area contributed by atoms with Gasteiger partial charge in [-0.1, -0.05) is 5.16 Å². The molecule has 3 rings (SSSR count). The summed E-state index contributed by atoms with van der Waals surface area (Å²) in [5, 5.41) is 3.84. The third-order valence-electron chi connectivity index (χ3n) is 4.02. The van der Waals surface area contributed by atoms with E-state index in [0.29, 0.717) is 36.2 Å². The molecule has 0 aliphatic carbocycles. The van der Waals surface area contributed by atoms with E-state index >= 15 is 0 Å². The predicted molar refractivity (Wildman–Crippen MR) is 82.4 cm³/mol. The molecule has 1 atom stereocenters. The van der Waals surface area contributed by atoms with Crippen molar-refractivity contribution in [1.82, 2.24) is 20.0 Å². The number of pyridine rings is 1. The molecular formula is C16H20N4O3. The number of amides is 1. The van der Waals surface area contributed by atoms with Crippen molar-refractivity contribution in [2.45, 2.75) is 32.6 Å². The largest absolute Gasteiger partial charge is 0.480 e. The number of ether oxygens (including phenoxy) is 1. The lowest BCUT2D eigenvalue weighted by molar-refractivity contribution is 0.0691. The molecule has 0 radical (unpaired) electrons. The molecule has 7 heteroatoms. The second-order valence-corrected chi connectivity index (χ2v) is 5.78. The first-order chi connectivity index (χ1) is 11.1. The van der Waals surface area contributed by atoms with Crippen LogP contribution in [-0.2, 0) is 0 Å². The van der Waals surface area contributed by atoms with E-state index in [-0.39, 0.29) is 11.8 Å². The van der Waals surface area contributed by atoms with Crippen molar-refractivity contribution < 1.29 is 14.1 Å². The Hall–Kier alpha value is -2.44. The summed E-state index contributed by atoms with van der Waals surface area (Å²) in [6.45, 7) is 4.93. The van der Waals surface area contributed by atoms with Crippen LogP contribution in [0.5, 0.6) is 5.88 Å². The molecule has 1 fully saturated rings. The maximum Gasteiger partial charge on any atom is 0.259 e. The summed E-state index contributed by atoms with van der Waals surface area (Å²) < 4.78 is 10.5. The molecular weight excluding hydrogens is 296 g/mol. The number of carbonyl (C=O) groups is 1. The van der Waals surface area contributed by atoms with Crippen LogP contribution in [0.15, 0.2) is 16.7 Å². The number of hydrogen-bond acceptors (Lipinski definition) is 6. The average molecular weight is 316 g/mol. The molecule has 122 valence electrons. The first-order valence-electron chi connectivity index (χ1n) is 7.69. The van der Waals surface area contributed by atoms with Gasteiger partial charge >= 0.3 is 0 Å². The summed E-state index contributed by atoms with van der Waals surface area (Å²) in [6.07, 6.45) is 1.84. The first-order valence-corrected chi connectivity index (χ1v) is 7.69. The number of methoxy groups -OCH3 is 1. The smallest absolute Gasteiger partial charge is 0.259 e. The van der Waals surface area contributed by atoms with Crippen LogP contribution in [0.4, 0.5) is 0 Å². The van der Waals surface area contributed by atoms with Crippen LogP contribution in [0.25, 0.3) is 0 Å². The van der Waals surface area contributed by atoms with E-state index in [2.05, 4.69) is 15.1 Å². The molecule has 0 spiro atoms. The lowest BCUT2D eigenvalue weighted by Gasteiger charge is -2.31. The Morgan fingerprint density at radius 2 is 2.17 bits per heavy atom. The molecule has 0 saturated carbocycles. The molecule has 2 aromatic rings. The lowest BCUT2D eigenvalue weighted by Crippen LogP contribution is -2.39. The Labute approximate surface area is 134 Å². The number of nitrogens with zero attached hydrogens (tertiary/aromatic N) is 4. The number of hydrogen-bond donors (Lipinski definition) is 0. The second-order valence-electron chi connectivity index (χ2n) is 5.78. The fourth-order valence-corrected chi connectivity index (χ4v) is 2.86. The van der Waals surface area contributed by atoms with E-state index in [9.17, 15) is 4.79 Å². The zero-order chi connectivity index (χ0) is 16.4. The summed E-state index contributed by atoms with van der Waals surface area (Å²) in [5.74, 6) is 1.60. The topological polar surface area (TPSA) is 81.4 Å². The highest BCUT2D eigenvalue weighted by atomic mass is 16.5. The Morgan fingerprint density at radius 3 is 2.87 bits per heavy atom. The first kappa shape index (κ1) is 15.5. The van der Waals surface area contributed by atoms with E-state index in [4.69, 9.17) is 9.26 Å². The molecule has 3 heterocycles. The van der Waals surface area contributed by atoms with Crippen molar-refractivity contribution in [2.75, 3.05) is 20.2 Å². The number of likely N-dealkylation sites (tertiary alicyclic amines) is 1. The highest BCUT2D eigenvalue weighted by molar-refractivity contribution is 5.96. The molecule has 7 nitrogen and oxygen atoms in total. The predicted octanol–water partition coefficient (Wildman–Crippen LogP) is 2.11. The monoisotopic (exact) mass is 316 g/mol. The van der Waals surface area contributed by atoms with Crippen LogP contribution in [0.2, 0.25) is 0 Å². The number of piperidine rings is 1. The van der Waals surface area contributed by atoms with Gasteiger partial charge in [0.2, 0.25) is 11.8 Å². The Balaban J connectivity index is 1.79. The van der Waals surface area contributed by atoms with E-state index < -0.39 is 0 Å². The van der Waals surface area contributed by atoms with Crippen LogP contribution in [0.3, 0.4) is 0 Å². The number of aryl methyl sites for hydroxylation is 2. The summed E-state index contributed by atoms with van der Waals surface area (Å²) in [6, 6.07) is 3.59. The number of aromatic nitrogens is 3. The van der Waals surface area contributed by atoms with Crippen LogP contribution in [0.1, 0.15) is 46.5 Å². The van der Waals surface area contributed by atoms with E-state index in [1.807, 2.05) is 17.9 Å². The van der Waals surface area contributed by atoms with Crippen molar-refractivity contribution in [2.24, 2.45) is 0 Å². The Bertz CT molecular complexity index is 713. The van der Waals surface area contributed by atoms with Crippen LogP contribution >= 0.6 is 0 Å². The zero-order valence-electron chi connectivity index (χ0n) is 13.6. The normalized spacial score (nSPS) is 18.0. The minimum absolute atomic E-state index is 0.0738. The van der Waals surface area contributed by atoms with Gasteiger partial charge in [0, 0.05) is 18.8 Å². The fraction of sp³-hybridized carbons (Fsp3) is 0.500. The van der Waals surface area contributed by atoms with Gasteiger partial charge in [0.1, 0.15) is 5.56 Å². The molecule has 0 N–H and O–H groups in total. The molecule has 1 aliphatic heterocycles. The number of rotatable bonds is 3. The molecule has 23 heavy (non-hydrogen) atoms. The summed E-state index contributed by atoms with van der Waals surface area (Å²) >= 11 is 0. The van der Waals surface area contributed by atoms with Gasteiger partial charge in [0.15, 0.2) is 5.82 Å². The quantitative estimate of drug-likeness (QED) is 0.862. The van der Waals surface area contributed by atoms with Crippen molar-refractivity contribution in [3.05, 3.63) is 35.1 Å².